The monoisotopic (exact) mass is 524 g/mol. The van der Waals surface area contributed by atoms with Crippen molar-refractivity contribution in [2.24, 2.45) is 0 Å². The Morgan fingerprint density at radius 3 is 2.05 bits per heavy atom. The van der Waals surface area contributed by atoms with Gasteiger partial charge in [0.2, 0.25) is 5.78 Å². The van der Waals surface area contributed by atoms with Crippen molar-refractivity contribution < 1.29 is 39.5 Å². The minimum Gasteiger partial charge on any atom is -0.508 e. The number of ketones is 1. The number of hydrogen-bond donors (Lipinski definition) is 5. The highest BCUT2D eigenvalue weighted by atomic mass is 16.5. The molecule has 0 spiro atoms. The number of phenolic OH excluding ortho intramolecular Hbond substituents is 5. The van der Waals surface area contributed by atoms with E-state index in [1.54, 1.807) is 36.4 Å². The summed E-state index contributed by atoms with van der Waals surface area (Å²) in [5, 5.41) is 50.8. The highest BCUT2D eigenvalue weighted by Gasteiger charge is 2.33. The predicted octanol–water partition coefficient (Wildman–Crippen LogP) is 6.23. The van der Waals surface area contributed by atoms with E-state index in [2.05, 4.69) is 0 Å². The van der Waals surface area contributed by atoms with Crippen LogP contribution >= 0.6 is 0 Å². The van der Waals surface area contributed by atoms with Gasteiger partial charge in [0.1, 0.15) is 57.5 Å². The zero-order chi connectivity index (χ0) is 27.4. The Hall–Kier alpha value is -5.11. The summed E-state index contributed by atoms with van der Waals surface area (Å²) in [6, 6.07) is 16.7. The van der Waals surface area contributed by atoms with E-state index in [9.17, 15) is 30.3 Å². The lowest BCUT2D eigenvalue weighted by Gasteiger charge is -2.28. The lowest BCUT2D eigenvalue weighted by atomic mass is 9.90. The van der Waals surface area contributed by atoms with Gasteiger partial charge < -0.3 is 34.7 Å². The van der Waals surface area contributed by atoms with Crippen molar-refractivity contribution in [2.45, 2.75) is 25.9 Å². The third-order valence-electron chi connectivity index (χ3n) is 7.11. The van der Waals surface area contributed by atoms with Gasteiger partial charge in [-0.25, -0.2) is 0 Å². The number of phenols is 5. The molecule has 1 aliphatic rings. The molecule has 8 nitrogen and oxygen atoms in total. The Labute approximate surface area is 222 Å². The number of ether oxygens (including phenoxy) is 1. The molecule has 0 saturated heterocycles. The Bertz CT molecular complexity index is 1720. The highest BCUT2D eigenvalue weighted by Crippen LogP contribution is 2.48. The van der Waals surface area contributed by atoms with Gasteiger partial charge in [0.05, 0.1) is 10.9 Å². The maximum atomic E-state index is 14.1. The molecule has 1 atom stereocenters. The predicted molar refractivity (Wildman–Crippen MR) is 143 cm³/mol. The molecule has 39 heavy (non-hydrogen) atoms. The summed E-state index contributed by atoms with van der Waals surface area (Å²) >= 11 is 0. The van der Waals surface area contributed by atoms with Crippen molar-refractivity contribution in [3.05, 3.63) is 94.5 Å². The summed E-state index contributed by atoms with van der Waals surface area (Å²) in [7, 11) is 0. The number of aryl methyl sites for hydroxylation is 1. The zero-order valence-corrected chi connectivity index (χ0v) is 20.8. The fraction of sp³-hybridized carbons (Fsp3) is 0.129. The molecule has 6 rings (SSSR count). The lowest BCUT2D eigenvalue weighted by molar-refractivity contribution is 0.103. The van der Waals surface area contributed by atoms with Gasteiger partial charge in [0.15, 0.2) is 0 Å². The number of rotatable bonds is 4. The Balaban J connectivity index is 1.62. The number of carbonyl (C=O) groups excluding carboxylic acids is 1. The van der Waals surface area contributed by atoms with Gasteiger partial charge in [0, 0.05) is 17.7 Å². The smallest absolute Gasteiger partial charge is 0.205 e. The van der Waals surface area contributed by atoms with E-state index in [1.807, 2.05) is 13.0 Å². The fourth-order valence-electron chi connectivity index (χ4n) is 5.22. The Morgan fingerprint density at radius 2 is 1.41 bits per heavy atom. The maximum Gasteiger partial charge on any atom is 0.205 e. The molecule has 0 fully saturated rings. The second-order valence-electron chi connectivity index (χ2n) is 9.65. The molecule has 0 amide bonds. The molecule has 0 bridgehead atoms. The molecule has 5 N–H and O–H groups in total. The first-order valence-corrected chi connectivity index (χ1v) is 12.3. The maximum absolute atomic E-state index is 14.1. The van der Waals surface area contributed by atoms with Crippen LogP contribution in [-0.2, 0) is 6.42 Å². The van der Waals surface area contributed by atoms with Crippen LogP contribution in [0.1, 0.15) is 45.1 Å². The first-order valence-electron chi connectivity index (χ1n) is 12.3. The van der Waals surface area contributed by atoms with Crippen molar-refractivity contribution in [1.82, 2.24) is 0 Å². The Kier molecular flexibility index (Phi) is 5.61. The number of fused-ring (bicyclic) bond motifs is 3. The average Bonchev–Trinajstić information content (AvgIpc) is 3.28. The van der Waals surface area contributed by atoms with Crippen molar-refractivity contribution in [3.8, 4) is 45.8 Å². The number of furan rings is 1. The van der Waals surface area contributed by atoms with Gasteiger partial charge in [-0.3, -0.25) is 4.79 Å². The number of carbonyl (C=O) groups is 1. The molecule has 196 valence electrons. The quantitative estimate of drug-likeness (QED) is 0.174. The third kappa shape index (κ3) is 4.06. The molecule has 0 radical (unpaired) electrons. The number of benzene rings is 4. The van der Waals surface area contributed by atoms with Crippen LogP contribution in [0.25, 0.3) is 22.3 Å². The largest absolute Gasteiger partial charge is 0.508 e. The SMILES string of the molecule is Cc1cc2oc(-c3ccc(O)cc3)c(C(=O)c3c(O)cc(O)cc3O)c2c2c1CC[C@@H](c1ccc(O)cc1)O2. The zero-order valence-electron chi connectivity index (χ0n) is 20.8. The topological polar surface area (TPSA) is 141 Å². The summed E-state index contributed by atoms with van der Waals surface area (Å²) < 4.78 is 12.8. The molecule has 1 aliphatic heterocycles. The Morgan fingerprint density at radius 1 is 0.795 bits per heavy atom. The molecule has 0 unspecified atom stereocenters. The van der Waals surface area contributed by atoms with Crippen molar-refractivity contribution in [2.75, 3.05) is 0 Å². The van der Waals surface area contributed by atoms with Crippen LogP contribution in [0.4, 0.5) is 0 Å². The van der Waals surface area contributed by atoms with Crippen molar-refractivity contribution in [1.29, 1.82) is 0 Å². The van der Waals surface area contributed by atoms with Crippen molar-refractivity contribution in [3.63, 3.8) is 0 Å². The molecule has 1 aromatic heterocycles. The first-order chi connectivity index (χ1) is 18.7. The van der Waals surface area contributed by atoms with Gasteiger partial charge in [-0.2, -0.15) is 0 Å². The molecule has 0 saturated carbocycles. The van der Waals surface area contributed by atoms with Gasteiger partial charge in [0.25, 0.3) is 0 Å². The van der Waals surface area contributed by atoms with Crippen LogP contribution in [-0.4, -0.2) is 31.3 Å². The molecular weight excluding hydrogens is 500 g/mol. The number of hydrogen-bond acceptors (Lipinski definition) is 8. The van der Waals surface area contributed by atoms with Crippen LogP contribution in [0.15, 0.2) is 71.1 Å². The van der Waals surface area contributed by atoms with E-state index in [4.69, 9.17) is 9.15 Å². The van der Waals surface area contributed by atoms with Gasteiger partial charge in [-0.15, -0.1) is 0 Å². The lowest BCUT2D eigenvalue weighted by Crippen LogP contribution is -2.17. The van der Waals surface area contributed by atoms with E-state index in [1.165, 1.54) is 12.1 Å². The molecular formula is C31H24O8. The van der Waals surface area contributed by atoms with Crippen LogP contribution in [0.5, 0.6) is 34.5 Å². The van der Waals surface area contributed by atoms with E-state index < -0.39 is 28.6 Å². The molecule has 4 aromatic carbocycles. The summed E-state index contributed by atoms with van der Waals surface area (Å²) in [5.41, 5.74) is 3.22. The van der Waals surface area contributed by atoms with Crippen LogP contribution in [0.2, 0.25) is 0 Å². The summed E-state index contributed by atoms with van der Waals surface area (Å²) in [4.78, 5) is 14.1. The normalized spacial score (nSPS) is 14.6. The number of aromatic hydroxyl groups is 5. The van der Waals surface area contributed by atoms with E-state index in [0.29, 0.717) is 35.1 Å². The van der Waals surface area contributed by atoms with Crippen molar-refractivity contribution >= 4 is 16.8 Å². The summed E-state index contributed by atoms with van der Waals surface area (Å²) in [6.45, 7) is 1.93. The second-order valence-corrected chi connectivity index (χ2v) is 9.65. The van der Waals surface area contributed by atoms with E-state index in [0.717, 1.165) is 28.8 Å². The molecule has 8 heteroatoms. The fourth-order valence-corrected chi connectivity index (χ4v) is 5.22. The molecule has 5 aromatic rings. The van der Waals surface area contributed by atoms with E-state index in [-0.39, 0.29) is 28.9 Å². The second kappa shape index (κ2) is 9.02. The van der Waals surface area contributed by atoms with Gasteiger partial charge >= 0.3 is 0 Å². The molecule has 0 aliphatic carbocycles. The van der Waals surface area contributed by atoms with Crippen LogP contribution in [0, 0.1) is 6.92 Å². The third-order valence-corrected chi connectivity index (χ3v) is 7.11. The minimum absolute atomic E-state index is 0.0323. The average molecular weight is 525 g/mol. The van der Waals surface area contributed by atoms with E-state index >= 15 is 0 Å². The minimum atomic E-state index is -0.728. The standard InChI is InChI=1S/C31H24O8/c1-15-12-25-27(31-21(15)10-11-24(38-31)16-2-6-18(32)7-3-16)28(30(39-25)17-4-8-19(33)9-5-17)29(37)26-22(35)13-20(34)14-23(26)36/h2-9,12-14,24,32-36H,10-11H2,1H3/t24-/m0/s1. The highest BCUT2D eigenvalue weighted by molar-refractivity contribution is 6.23. The van der Waals surface area contributed by atoms with Crippen LogP contribution in [0.3, 0.4) is 0 Å². The first kappa shape index (κ1) is 24.2. The summed E-state index contributed by atoms with van der Waals surface area (Å²) in [6.07, 6.45) is 0.981. The van der Waals surface area contributed by atoms with Gasteiger partial charge in [-0.05, 0) is 78.9 Å². The molecule has 2 heterocycles. The summed E-state index contributed by atoms with van der Waals surface area (Å²) in [5.74, 6) is -1.50. The van der Waals surface area contributed by atoms with Gasteiger partial charge in [-0.1, -0.05) is 12.1 Å². The van der Waals surface area contributed by atoms with Crippen LogP contribution < -0.4 is 4.74 Å².